The van der Waals surface area contributed by atoms with Gasteiger partial charge in [0.05, 0.1) is 18.3 Å². The number of anilines is 1. The molecule has 1 saturated carbocycles. The number of hydrogen-bond acceptors (Lipinski definition) is 6. The highest BCUT2D eigenvalue weighted by atomic mass is 16.5. The van der Waals surface area contributed by atoms with Crippen LogP contribution >= 0.6 is 0 Å². The molecule has 1 aliphatic carbocycles. The van der Waals surface area contributed by atoms with Crippen LogP contribution in [0.3, 0.4) is 0 Å². The van der Waals surface area contributed by atoms with Crippen molar-refractivity contribution in [3.05, 3.63) is 67.3 Å². The normalized spacial score (nSPS) is 21.9. The third kappa shape index (κ3) is 3.65. The van der Waals surface area contributed by atoms with Gasteiger partial charge in [0.2, 0.25) is 11.8 Å². The van der Waals surface area contributed by atoms with E-state index in [2.05, 4.69) is 33.8 Å². The molecule has 158 valence electrons. The quantitative estimate of drug-likeness (QED) is 0.620. The minimum Gasteiger partial charge on any atom is -0.473 e. The van der Waals surface area contributed by atoms with Crippen molar-refractivity contribution >= 4 is 11.7 Å². The van der Waals surface area contributed by atoms with Gasteiger partial charge in [0.25, 0.3) is 0 Å². The Balaban J connectivity index is 1.34. The Labute approximate surface area is 180 Å². The van der Waals surface area contributed by atoms with Gasteiger partial charge >= 0.3 is 0 Å². The van der Waals surface area contributed by atoms with Gasteiger partial charge in [0, 0.05) is 30.3 Å². The fourth-order valence-electron chi connectivity index (χ4n) is 4.35. The Morgan fingerprint density at radius 1 is 1.32 bits per heavy atom. The number of nitrogen functional groups attached to an aromatic ring is 1. The standard InChI is InChI=1S/C23H24N6O2/c1-2-19(30)28-9-8-23(14-28)10-18(23)31-22-20(21(24)25-15-26-22)17-11-27-29(13-17)12-16-6-4-3-5-7-16/h2-7,11,13,15,18H,1,8-10,12,14H2,(H2,24,25,26). The lowest BCUT2D eigenvalue weighted by Gasteiger charge is -2.15. The van der Waals surface area contributed by atoms with E-state index in [4.69, 9.17) is 10.5 Å². The van der Waals surface area contributed by atoms with E-state index in [1.54, 1.807) is 6.20 Å². The van der Waals surface area contributed by atoms with E-state index in [1.807, 2.05) is 34.0 Å². The molecule has 31 heavy (non-hydrogen) atoms. The molecule has 3 aromatic rings. The molecule has 2 fully saturated rings. The van der Waals surface area contributed by atoms with Gasteiger partial charge in [0.1, 0.15) is 18.2 Å². The van der Waals surface area contributed by atoms with Crippen LogP contribution < -0.4 is 10.5 Å². The molecule has 2 aromatic heterocycles. The average molecular weight is 416 g/mol. The van der Waals surface area contributed by atoms with E-state index >= 15 is 0 Å². The SMILES string of the molecule is C=CC(=O)N1CCC2(CC2Oc2ncnc(N)c2-c2cnn(Cc3ccccc3)c2)C1. The first-order valence-electron chi connectivity index (χ1n) is 10.3. The van der Waals surface area contributed by atoms with Gasteiger partial charge in [-0.05, 0) is 24.5 Å². The van der Waals surface area contributed by atoms with E-state index in [0.29, 0.717) is 30.4 Å². The second kappa shape index (κ2) is 7.54. The van der Waals surface area contributed by atoms with Crippen molar-refractivity contribution in [2.45, 2.75) is 25.5 Å². The number of ether oxygens (including phenoxy) is 1. The first-order valence-corrected chi connectivity index (χ1v) is 10.3. The summed E-state index contributed by atoms with van der Waals surface area (Å²) in [5, 5.41) is 4.47. The van der Waals surface area contributed by atoms with Crippen molar-refractivity contribution in [1.29, 1.82) is 0 Å². The summed E-state index contributed by atoms with van der Waals surface area (Å²) in [5.41, 5.74) is 8.82. The maximum Gasteiger partial charge on any atom is 0.245 e. The third-order valence-corrected chi connectivity index (χ3v) is 6.19. The minimum atomic E-state index is -0.0275. The van der Waals surface area contributed by atoms with Crippen molar-refractivity contribution in [2.75, 3.05) is 18.8 Å². The summed E-state index contributed by atoms with van der Waals surface area (Å²) in [4.78, 5) is 22.3. The number of nitrogens with two attached hydrogens (primary N) is 1. The summed E-state index contributed by atoms with van der Waals surface area (Å²) in [6.07, 6.45) is 8.29. The molecule has 0 bridgehead atoms. The van der Waals surface area contributed by atoms with Crippen LogP contribution in [-0.4, -0.2) is 49.7 Å². The number of hydrogen-bond donors (Lipinski definition) is 1. The van der Waals surface area contributed by atoms with Crippen LogP contribution in [0.25, 0.3) is 11.1 Å². The summed E-state index contributed by atoms with van der Waals surface area (Å²) >= 11 is 0. The number of carbonyl (C=O) groups is 1. The second-order valence-electron chi connectivity index (χ2n) is 8.24. The molecule has 1 aromatic carbocycles. The van der Waals surface area contributed by atoms with Crippen LogP contribution in [0.1, 0.15) is 18.4 Å². The van der Waals surface area contributed by atoms with Crippen molar-refractivity contribution in [3.8, 4) is 17.0 Å². The Morgan fingerprint density at radius 2 is 2.16 bits per heavy atom. The van der Waals surface area contributed by atoms with E-state index in [0.717, 1.165) is 30.5 Å². The number of carbonyl (C=O) groups excluding carboxylic acids is 1. The number of benzene rings is 1. The monoisotopic (exact) mass is 416 g/mol. The van der Waals surface area contributed by atoms with Gasteiger partial charge in [-0.3, -0.25) is 9.48 Å². The smallest absolute Gasteiger partial charge is 0.245 e. The first kappa shape index (κ1) is 19.3. The summed E-state index contributed by atoms with van der Waals surface area (Å²) in [5.74, 6) is 0.788. The largest absolute Gasteiger partial charge is 0.473 e. The minimum absolute atomic E-state index is 0.00234. The Morgan fingerprint density at radius 3 is 2.97 bits per heavy atom. The van der Waals surface area contributed by atoms with Crippen molar-refractivity contribution in [3.63, 3.8) is 0 Å². The summed E-state index contributed by atoms with van der Waals surface area (Å²) in [6.45, 7) is 5.66. The maximum absolute atomic E-state index is 11.9. The van der Waals surface area contributed by atoms with Crippen LogP contribution in [0.4, 0.5) is 5.82 Å². The lowest BCUT2D eigenvalue weighted by atomic mass is 10.1. The molecule has 2 atom stereocenters. The van der Waals surface area contributed by atoms with Gasteiger partial charge < -0.3 is 15.4 Å². The molecule has 3 heterocycles. The summed E-state index contributed by atoms with van der Waals surface area (Å²) < 4.78 is 8.14. The number of rotatable bonds is 6. The van der Waals surface area contributed by atoms with Crippen molar-refractivity contribution in [1.82, 2.24) is 24.6 Å². The first-order chi connectivity index (χ1) is 15.1. The van der Waals surface area contributed by atoms with Crippen LogP contribution in [0.15, 0.2) is 61.7 Å². The van der Waals surface area contributed by atoms with E-state index in [1.165, 1.54) is 12.4 Å². The average Bonchev–Trinajstić information content (AvgIpc) is 3.08. The van der Waals surface area contributed by atoms with E-state index < -0.39 is 0 Å². The summed E-state index contributed by atoms with van der Waals surface area (Å²) in [6, 6.07) is 10.1. The van der Waals surface area contributed by atoms with Gasteiger partial charge in [-0.2, -0.15) is 5.10 Å². The predicted octanol–water partition coefficient (Wildman–Crippen LogP) is 2.53. The molecule has 2 unspecified atom stereocenters. The lowest BCUT2D eigenvalue weighted by Crippen LogP contribution is -2.28. The molecule has 1 saturated heterocycles. The molecular weight excluding hydrogens is 392 g/mol. The van der Waals surface area contributed by atoms with Gasteiger partial charge in [-0.1, -0.05) is 36.9 Å². The second-order valence-corrected chi connectivity index (χ2v) is 8.24. The molecule has 1 amide bonds. The highest BCUT2D eigenvalue weighted by Crippen LogP contribution is 2.55. The molecule has 0 radical (unpaired) electrons. The predicted molar refractivity (Wildman–Crippen MR) is 116 cm³/mol. The zero-order valence-corrected chi connectivity index (χ0v) is 17.1. The highest BCUT2D eigenvalue weighted by Gasteiger charge is 2.60. The zero-order chi connectivity index (χ0) is 21.4. The van der Waals surface area contributed by atoms with Gasteiger partial charge in [-0.25, -0.2) is 9.97 Å². The third-order valence-electron chi connectivity index (χ3n) is 6.19. The molecule has 8 nitrogen and oxygen atoms in total. The van der Waals surface area contributed by atoms with E-state index in [9.17, 15) is 4.79 Å². The van der Waals surface area contributed by atoms with Crippen LogP contribution in [0.5, 0.6) is 5.88 Å². The van der Waals surface area contributed by atoms with Gasteiger partial charge in [-0.15, -0.1) is 0 Å². The summed E-state index contributed by atoms with van der Waals surface area (Å²) in [7, 11) is 0. The number of aromatic nitrogens is 4. The fraction of sp³-hybridized carbons (Fsp3) is 0.304. The van der Waals surface area contributed by atoms with Gasteiger partial charge in [0.15, 0.2) is 0 Å². The zero-order valence-electron chi connectivity index (χ0n) is 17.1. The number of nitrogens with zero attached hydrogens (tertiary/aromatic N) is 5. The molecule has 8 heteroatoms. The van der Waals surface area contributed by atoms with Crippen LogP contribution in [-0.2, 0) is 11.3 Å². The molecule has 2 N–H and O–H groups in total. The van der Waals surface area contributed by atoms with Crippen LogP contribution in [0, 0.1) is 5.41 Å². The van der Waals surface area contributed by atoms with Crippen LogP contribution in [0.2, 0.25) is 0 Å². The molecule has 2 aliphatic rings. The molecule has 1 aliphatic heterocycles. The fourth-order valence-corrected chi connectivity index (χ4v) is 4.35. The van der Waals surface area contributed by atoms with E-state index in [-0.39, 0.29) is 17.4 Å². The molecule has 5 rings (SSSR count). The molecule has 1 spiro atoms. The molecular formula is C23H24N6O2. The number of likely N-dealkylation sites (tertiary alicyclic amines) is 1. The Kier molecular flexibility index (Phi) is 4.69. The highest BCUT2D eigenvalue weighted by molar-refractivity contribution is 5.87. The topological polar surface area (TPSA) is 99.2 Å². The maximum atomic E-state index is 11.9. The van der Waals surface area contributed by atoms with Crippen molar-refractivity contribution in [2.24, 2.45) is 5.41 Å². The lowest BCUT2D eigenvalue weighted by molar-refractivity contribution is -0.125. The van der Waals surface area contributed by atoms with Crippen molar-refractivity contribution < 1.29 is 9.53 Å². The number of amides is 1. The Hall–Kier alpha value is -3.68. The Bertz CT molecular complexity index is 1130.